The predicted molar refractivity (Wildman–Crippen MR) is 204 cm³/mol. The number of ketones is 1. The largest absolute Gasteiger partial charge is 0.380 e. The molecule has 0 spiro atoms. The van der Waals surface area contributed by atoms with Crippen LogP contribution in [0.2, 0.25) is 0 Å². The van der Waals surface area contributed by atoms with Crippen molar-refractivity contribution in [1.29, 1.82) is 0 Å². The third kappa shape index (κ3) is 11.9. The Hall–Kier alpha value is -2.74. The van der Waals surface area contributed by atoms with Crippen molar-refractivity contribution in [3.05, 3.63) is 0 Å². The van der Waals surface area contributed by atoms with Crippen LogP contribution in [0.5, 0.6) is 0 Å². The summed E-state index contributed by atoms with van der Waals surface area (Å²) in [6.45, 7) is 9.90. The number of rotatable bonds is 12. The van der Waals surface area contributed by atoms with Gasteiger partial charge in [0.15, 0.2) is 9.84 Å². The maximum absolute atomic E-state index is 14.5. The van der Waals surface area contributed by atoms with E-state index in [2.05, 4.69) is 21.3 Å². The third-order valence-corrected chi connectivity index (χ3v) is 14.6. The van der Waals surface area contributed by atoms with Gasteiger partial charge in [0.05, 0.1) is 28.7 Å². The summed E-state index contributed by atoms with van der Waals surface area (Å²) in [6.07, 6.45) is 12.5. The number of carbonyl (C=O) groups excluding carboxylic acids is 5. The first-order chi connectivity index (χ1) is 25.1. The molecule has 13 nitrogen and oxygen atoms in total. The molecule has 2 saturated carbocycles. The van der Waals surface area contributed by atoms with Gasteiger partial charge in [-0.1, -0.05) is 78.1 Å². The number of ether oxygens (including phenoxy) is 1. The topological polar surface area (TPSA) is 180 Å². The van der Waals surface area contributed by atoms with Gasteiger partial charge in [-0.15, -0.1) is 0 Å². The minimum Gasteiger partial charge on any atom is -0.380 e. The SMILES string of the molecule is CCOCC(C)(C)S(=O)(=O)CC1(NC(=O)N[C@H]2CCCCCCCCC[C@@H](C(=O)C(=O)NC3CC3)NC(=O)[C@@H]3[C@@H](C(C)C)CCN3C2=O)CCCCC1. The Morgan fingerprint density at radius 2 is 1.49 bits per heavy atom. The molecule has 2 saturated heterocycles. The van der Waals surface area contributed by atoms with E-state index < -0.39 is 61.9 Å². The molecule has 0 radical (unpaired) electrons. The average Bonchev–Trinajstić information content (AvgIpc) is 3.80. The molecule has 302 valence electrons. The van der Waals surface area contributed by atoms with Crippen molar-refractivity contribution in [2.75, 3.05) is 25.5 Å². The number of hydrogen-bond donors (Lipinski definition) is 4. The highest BCUT2D eigenvalue weighted by atomic mass is 32.2. The molecule has 4 fully saturated rings. The molecular weight excluding hydrogens is 699 g/mol. The van der Waals surface area contributed by atoms with Crippen LogP contribution in [0.15, 0.2) is 0 Å². The monoisotopic (exact) mass is 765 g/mol. The van der Waals surface area contributed by atoms with Crippen LogP contribution in [0, 0.1) is 11.8 Å². The molecule has 4 aliphatic rings. The van der Waals surface area contributed by atoms with Gasteiger partial charge < -0.3 is 30.9 Å². The molecule has 0 bridgehead atoms. The number of nitrogens with zero attached hydrogens (tertiary/aromatic N) is 1. The standard InChI is InChI=1S/C39H67N5O8S/c1-6-52-25-38(4,5)53(50,51)26-39(22-15-12-16-23-39)43-37(49)42-31-18-14-11-9-7-8-10-13-17-30(33(45)35(47)40-28-19-20-28)41-34(46)32-29(27(2)3)21-24-44(32)36(31)48/h27-32H,6-26H2,1-5H3,(H,40,47)(H,41,46)(H2,42,43,49)/t29-,30+,31+,32+/m1/s1. The zero-order valence-corrected chi connectivity index (χ0v) is 33.8. The highest BCUT2D eigenvalue weighted by Gasteiger charge is 2.47. The van der Waals surface area contributed by atoms with Crippen molar-refractivity contribution >= 4 is 39.4 Å². The number of fused-ring (bicyclic) bond motifs is 1. The first kappa shape index (κ1) is 43.0. The zero-order chi connectivity index (χ0) is 38.8. The molecule has 53 heavy (non-hydrogen) atoms. The molecule has 0 aromatic heterocycles. The van der Waals surface area contributed by atoms with Crippen molar-refractivity contribution < 1.29 is 37.1 Å². The van der Waals surface area contributed by atoms with Gasteiger partial charge in [0.2, 0.25) is 17.6 Å². The van der Waals surface area contributed by atoms with E-state index in [4.69, 9.17) is 4.74 Å². The lowest BCUT2D eigenvalue weighted by Gasteiger charge is -2.40. The molecule has 5 amide bonds. The number of nitrogens with one attached hydrogen (secondary N) is 4. The van der Waals surface area contributed by atoms with Crippen molar-refractivity contribution in [2.45, 2.75) is 178 Å². The van der Waals surface area contributed by atoms with Gasteiger partial charge in [0.25, 0.3) is 5.91 Å². The highest BCUT2D eigenvalue weighted by Crippen LogP contribution is 2.34. The molecule has 2 heterocycles. The molecule has 4 N–H and O–H groups in total. The minimum atomic E-state index is -3.71. The van der Waals surface area contributed by atoms with Gasteiger partial charge >= 0.3 is 6.03 Å². The Morgan fingerprint density at radius 1 is 0.887 bits per heavy atom. The van der Waals surface area contributed by atoms with E-state index >= 15 is 0 Å². The summed E-state index contributed by atoms with van der Waals surface area (Å²) >= 11 is 0. The Morgan fingerprint density at radius 3 is 2.09 bits per heavy atom. The van der Waals surface area contributed by atoms with Crippen molar-refractivity contribution in [3.8, 4) is 0 Å². The second kappa shape index (κ2) is 19.2. The van der Waals surface area contributed by atoms with Crippen LogP contribution >= 0.6 is 0 Å². The number of urea groups is 1. The van der Waals surface area contributed by atoms with Crippen LogP contribution < -0.4 is 21.3 Å². The van der Waals surface area contributed by atoms with Gasteiger partial charge in [-0.2, -0.15) is 0 Å². The van der Waals surface area contributed by atoms with Crippen LogP contribution in [0.3, 0.4) is 0 Å². The Labute approximate surface area is 317 Å². The van der Waals surface area contributed by atoms with Crippen LogP contribution in [-0.2, 0) is 33.8 Å². The van der Waals surface area contributed by atoms with E-state index in [1.807, 2.05) is 20.8 Å². The smallest absolute Gasteiger partial charge is 0.315 e. The van der Waals surface area contributed by atoms with Gasteiger partial charge in [-0.3, -0.25) is 19.2 Å². The molecule has 0 unspecified atom stereocenters. The summed E-state index contributed by atoms with van der Waals surface area (Å²) in [7, 11) is -3.71. The summed E-state index contributed by atoms with van der Waals surface area (Å²) in [5, 5.41) is 11.7. The Balaban J connectivity index is 1.57. The third-order valence-electron chi connectivity index (χ3n) is 11.9. The van der Waals surface area contributed by atoms with Crippen molar-refractivity contribution in [2.24, 2.45) is 11.8 Å². The highest BCUT2D eigenvalue weighted by molar-refractivity contribution is 7.92. The Kier molecular flexibility index (Phi) is 15.6. The number of sulfone groups is 1. The number of hydrogen-bond acceptors (Lipinski definition) is 8. The molecule has 2 aliphatic carbocycles. The lowest BCUT2D eigenvalue weighted by molar-refractivity contribution is -0.143. The Bertz CT molecular complexity index is 1390. The average molecular weight is 766 g/mol. The van der Waals surface area contributed by atoms with Crippen LogP contribution in [-0.4, -0.2) is 103 Å². The fourth-order valence-corrected chi connectivity index (χ4v) is 10.0. The maximum Gasteiger partial charge on any atom is 0.315 e. The summed E-state index contributed by atoms with van der Waals surface area (Å²) in [5.74, 6) is -2.51. The van der Waals surface area contributed by atoms with Crippen molar-refractivity contribution in [1.82, 2.24) is 26.2 Å². The van der Waals surface area contributed by atoms with Gasteiger partial charge in [0.1, 0.15) is 12.1 Å². The van der Waals surface area contributed by atoms with E-state index in [-0.39, 0.29) is 36.1 Å². The van der Waals surface area contributed by atoms with E-state index in [1.54, 1.807) is 18.7 Å². The summed E-state index contributed by atoms with van der Waals surface area (Å²) < 4.78 is 31.9. The van der Waals surface area contributed by atoms with Gasteiger partial charge in [0, 0.05) is 19.2 Å². The predicted octanol–water partition coefficient (Wildman–Crippen LogP) is 4.32. The maximum atomic E-state index is 14.5. The number of carbonyl (C=O) groups is 5. The molecule has 4 rings (SSSR count). The van der Waals surface area contributed by atoms with Gasteiger partial charge in [-0.05, 0) is 77.6 Å². The zero-order valence-electron chi connectivity index (χ0n) is 32.9. The quantitative estimate of drug-likeness (QED) is 0.212. The second-order valence-electron chi connectivity index (χ2n) is 17.0. The molecule has 14 heteroatoms. The van der Waals surface area contributed by atoms with Crippen molar-refractivity contribution in [3.63, 3.8) is 0 Å². The van der Waals surface area contributed by atoms with Gasteiger partial charge in [-0.25, -0.2) is 13.2 Å². The lowest BCUT2D eigenvalue weighted by atomic mass is 9.83. The molecular formula is C39H67N5O8S. The van der Waals surface area contributed by atoms with Crippen LogP contribution in [0.25, 0.3) is 0 Å². The first-order valence-corrected chi connectivity index (χ1v) is 22.1. The van der Waals surface area contributed by atoms with E-state index in [0.29, 0.717) is 58.1 Å². The van der Waals surface area contributed by atoms with E-state index in [0.717, 1.165) is 64.2 Å². The minimum absolute atomic E-state index is 0.00730. The van der Waals surface area contributed by atoms with Crippen LogP contribution in [0.1, 0.15) is 144 Å². The molecule has 0 aromatic carbocycles. The second-order valence-corrected chi connectivity index (χ2v) is 19.7. The fraction of sp³-hybridized carbons (Fsp3) is 0.872. The summed E-state index contributed by atoms with van der Waals surface area (Å²) in [4.78, 5) is 70.4. The fourth-order valence-electron chi connectivity index (χ4n) is 8.27. The molecule has 0 aromatic rings. The lowest BCUT2D eigenvalue weighted by Crippen LogP contribution is -2.62. The summed E-state index contributed by atoms with van der Waals surface area (Å²) in [5.41, 5.74) is -0.988. The van der Waals surface area contributed by atoms with Crippen LogP contribution in [0.4, 0.5) is 4.79 Å². The number of Topliss-reactive ketones (excluding diaryl/α,β-unsaturated/α-hetero) is 1. The number of amides is 5. The van der Waals surface area contributed by atoms with E-state index in [9.17, 15) is 32.4 Å². The molecule has 4 atom stereocenters. The van der Waals surface area contributed by atoms with E-state index in [1.165, 1.54) is 0 Å². The first-order valence-electron chi connectivity index (χ1n) is 20.4. The summed E-state index contributed by atoms with van der Waals surface area (Å²) in [6, 6.07) is -3.37. The molecule has 2 aliphatic heterocycles. The normalized spacial score (nSPS) is 26.7.